The van der Waals surface area contributed by atoms with E-state index in [2.05, 4.69) is 28.2 Å². The standard InChI is InChI=1S/C31H27N5O6S2/c32-30-34-26-23(27(35-30)43-15-19-12-17-7-2-4-11-21(17)42-29(19)40)33-31(36(26)28-25(39)24(38)22(13-37)41-28)44-14-18-9-5-8-16-6-1-3-10-20(16)18/h1-12,22,24-25,28,37-39H,13-15H2,(H2,32,34,35)/t22-,24-,25-,28-/m1/s1. The molecule has 3 aromatic carbocycles. The minimum absolute atomic E-state index is 0.0379. The van der Waals surface area contributed by atoms with Gasteiger partial charge in [0.2, 0.25) is 5.95 Å². The van der Waals surface area contributed by atoms with Crippen LogP contribution in [0.2, 0.25) is 0 Å². The van der Waals surface area contributed by atoms with Crippen molar-refractivity contribution in [3.05, 3.63) is 94.3 Å². The van der Waals surface area contributed by atoms with E-state index in [-0.39, 0.29) is 11.7 Å². The van der Waals surface area contributed by atoms with Crippen LogP contribution < -0.4 is 11.4 Å². The number of nitrogens with zero attached hydrogens (tertiary/aromatic N) is 4. The van der Waals surface area contributed by atoms with Crippen molar-refractivity contribution in [1.29, 1.82) is 0 Å². The molecule has 7 rings (SSSR count). The van der Waals surface area contributed by atoms with Gasteiger partial charge in [0.15, 0.2) is 17.0 Å². The van der Waals surface area contributed by atoms with Gasteiger partial charge in [0, 0.05) is 22.5 Å². The van der Waals surface area contributed by atoms with Crippen LogP contribution in [0, 0.1) is 0 Å². The van der Waals surface area contributed by atoms with E-state index < -0.39 is 36.8 Å². The summed E-state index contributed by atoms with van der Waals surface area (Å²) in [5.41, 5.74) is 8.44. The number of imidazole rings is 1. The van der Waals surface area contributed by atoms with Crippen LogP contribution in [0.25, 0.3) is 32.9 Å². The van der Waals surface area contributed by atoms with Gasteiger partial charge in [0.1, 0.15) is 34.4 Å². The number of aromatic nitrogens is 4. The summed E-state index contributed by atoms with van der Waals surface area (Å²) >= 11 is 2.66. The van der Waals surface area contributed by atoms with Crippen LogP contribution in [-0.2, 0) is 16.2 Å². The normalized spacial score (nSPS) is 20.2. The van der Waals surface area contributed by atoms with Crippen LogP contribution in [0.1, 0.15) is 17.4 Å². The summed E-state index contributed by atoms with van der Waals surface area (Å²) in [5, 5.41) is 35.2. The number of nitrogen functional groups attached to an aromatic ring is 1. The predicted molar refractivity (Wildman–Crippen MR) is 168 cm³/mol. The molecule has 1 aliphatic heterocycles. The van der Waals surface area contributed by atoms with Crippen molar-refractivity contribution in [2.24, 2.45) is 0 Å². The van der Waals surface area contributed by atoms with E-state index in [1.807, 2.05) is 36.4 Å². The molecule has 0 aliphatic carbocycles. The highest BCUT2D eigenvalue weighted by Gasteiger charge is 2.45. The lowest BCUT2D eigenvalue weighted by Gasteiger charge is -2.19. The SMILES string of the molecule is Nc1nc(SCc2cc3ccccc3oc2=O)c2nc(SCc3cccc4ccccc34)n([C@@H]3O[C@H](CO)[C@@H](O)[C@H]3O)c2n1. The molecule has 0 amide bonds. The number of fused-ring (bicyclic) bond motifs is 3. The van der Waals surface area contributed by atoms with Crippen LogP contribution in [0.5, 0.6) is 0 Å². The first kappa shape index (κ1) is 28.8. The molecule has 224 valence electrons. The average molecular weight is 630 g/mol. The van der Waals surface area contributed by atoms with Gasteiger partial charge in [-0.15, -0.1) is 0 Å². The molecule has 11 nitrogen and oxygen atoms in total. The van der Waals surface area contributed by atoms with E-state index in [0.29, 0.717) is 38.2 Å². The zero-order valence-corrected chi connectivity index (χ0v) is 24.7. The maximum Gasteiger partial charge on any atom is 0.340 e. The smallest absolute Gasteiger partial charge is 0.340 e. The lowest BCUT2D eigenvalue weighted by Crippen LogP contribution is -2.33. The first-order valence-corrected chi connectivity index (χ1v) is 15.8. The van der Waals surface area contributed by atoms with Gasteiger partial charge < -0.3 is 30.2 Å². The Labute approximate surface area is 258 Å². The molecule has 1 aliphatic rings. The quantitative estimate of drug-likeness (QED) is 0.109. The summed E-state index contributed by atoms with van der Waals surface area (Å²) < 4.78 is 13.0. The van der Waals surface area contributed by atoms with Crippen molar-refractivity contribution in [3.8, 4) is 0 Å². The molecule has 0 radical (unpaired) electrons. The molecule has 44 heavy (non-hydrogen) atoms. The molecule has 3 aromatic heterocycles. The molecule has 4 atom stereocenters. The number of aliphatic hydroxyl groups excluding tert-OH is 3. The molecular formula is C31H27N5O6S2. The number of rotatable bonds is 8. The zero-order valence-electron chi connectivity index (χ0n) is 23.1. The van der Waals surface area contributed by atoms with Gasteiger partial charge in [-0.3, -0.25) is 4.57 Å². The Morgan fingerprint density at radius 2 is 1.61 bits per heavy atom. The van der Waals surface area contributed by atoms with Crippen LogP contribution >= 0.6 is 23.5 Å². The van der Waals surface area contributed by atoms with Crippen LogP contribution in [0.4, 0.5) is 5.95 Å². The Kier molecular flexibility index (Phi) is 7.74. The minimum Gasteiger partial charge on any atom is -0.423 e. The Hall–Kier alpha value is -3.98. The number of aliphatic hydroxyl groups is 3. The summed E-state index contributed by atoms with van der Waals surface area (Å²) in [4.78, 5) is 26.5. The van der Waals surface area contributed by atoms with E-state index in [4.69, 9.17) is 19.9 Å². The van der Waals surface area contributed by atoms with Gasteiger partial charge in [-0.2, -0.15) is 4.98 Å². The van der Waals surface area contributed by atoms with E-state index in [9.17, 15) is 20.1 Å². The molecule has 0 unspecified atom stereocenters. The minimum atomic E-state index is -1.36. The molecule has 6 aromatic rings. The van der Waals surface area contributed by atoms with Crippen LogP contribution in [0.15, 0.2) is 92.2 Å². The molecular weight excluding hydrogens is 603 g/mol. The van der Waals surface area contributed by atoms with E-state index in [0.717, 1.165) is 21.7 Å². The highest BCUT2D eigenvalue weighted by Crippen LogP contribution is 2.39. The Bertz CT molecular complexity index is 2060. The average Bonchev–Trinajstić information content (AvgIpc) is 3.54. The van der Waals surface area contributed by atoms with Gasteiger partial charge in [0.25, 0.3) is 0 Å². The van der Waals surface area contributed by atoms with Crippen molar-refractivity contribution >= 4 is 62.4 Å². The molecule has 13 heteroatoms. The third-order valence-electron chi connectivity index (χ3n) is 7.58. The predicted octanol–water partition coefficient (Wildman–Crippen LogP) is 3.86. The molecule has 5 N–H and O–H groups in total. The molecule has 0 bridgehead atoms. The maximum absolute atomic E-state index is 12.7. The Balaban J connectivity index is 1.29. The topological polar surface area (TPSA) is 170 Å². The zero-order chi connectivity index (χ0) is 30.4. The fourth-order valence-corrected chi connectivity index (χ4v) is 7.33. The first-order valence-electron chi connectivity index (χ1n) is 13.8. The summed E-state index contributed by atoms with van der Waals surface area (Å²) in [7, 11) is 0. The van der Waals surface area contributed by atoms with Gasteiger partial charge >= 0.3 is 5.63 Å². The second-order valence-corrected chi connectivity index (χ2v) is 12.3. The third kappa shape index (κ3) is 5.21. The highest BCUT2D eigenvalue weighted by atomic mass is 32.2. The van der Waals surface area contributed by atoms with Crippen molar-refractivity contribution in [2.45, 2.75) is 46.2 Å². The summed E-state index contributed by atoms with van der Waals surface area (Å²) in [6, 6.07) is 23.3. The van der Waals surface area contributed by atoms with Gasteiger partial charge in [-0.05, 0) is 28.5 Å². The van der Waals surface area contributed by atoms with Crippen LogP contribution in [-0.4, -0.2) is 59.8 Å². The third-order valence-corrected chi connectivity index (χ3v) is 9.59. The molecule has 0 spiro atoms. The number of thioether (sulfide) groups is 2. The maximum atomic E-state index is 12.7. The number of anilines is 1. The van der Waals surface area contributed by atoms with Gasteiger partial charge in [0.05, 0.1) is 6.61 Å². The van der Waals surface area contributed by atoms with Gasteiger partial charge in [-0.1, -0.05) is 84.2 Å². The number of para-hydroxylation sites is 1. The fourth-order valence-electron chi connectivity index (χ4n) is 5.38. The highest BCUT2D eigenvalue weighted by molar-refractivity contribution is 7.98. The number of hydrogen-bond donors (Lipinski definition) is 4. The van der Waals surface area contributed by atoms with Crippen molar-refractivity contribution < 1.29 is 24.5 Å². The first-order chi connectivity index (χ1) is 21.4. The lowest BCUT2D eigenvalue weighted by molar-refractivity contribution is -0.0548. The van der Waals surface area contributed by atoms with Crippen molar-refractivity contribution in [3.63, 3.8) is 0 Å². The van der Waals surface area contributed by atoms with Crippen LogP contribution in [0.3, 0.4) is 0 Å². The monoisotopic (exact) mass is 629 g/mol. The van der Waals surface area contributed by atoms with E-state index in [1.165, 1.54) is 23.5 Å². The molecule has 4 heterocycles. The van der Waals surface area contributed by atoms with E-state index in [1.54, 1.807) is 22.8 Å². The van der Waals surface area contributed by atoms with Crippen molar-refractivity contribution in [2.75, 3.05) is 12.3 Å². The second kappa shape index (κ2) is 11.8. The summed E-state index contributed by atoms with van der Waals surface area (Å²) in [6.45, 7) is -0.480. The molecule has 1 fully saturated rings. The fraction of sp³-hybridized carbons (Fsp3) is 0.226. The van der Waals surface area contributed by atoms with Crippen molar-refractivity contribution in [1.82, 2.24) is 19.5 Å². The number of benzene rings is 3. The second-order valence-electron chi connectivity index (χ2n) is 10.4. The summed E-state index contributed by atoms with van der Waals surface area (Å²) in [5.74, 6) is 0.727. The Morgan fingerprint density at radius 1 is 0.864 bits per heavy atom. The van der Waals surface area contributed by atoms with E-state index >= 15 is 0 Å². The Morgan fingerprint density at radius 3 is 2.43 bits per heavy atom. The summed E-state index contributed by atoms with van der Waals surface area (Å²) in [6.07, 6.45) is -4.78. The largest absolute Gasteiger partial charge is 0.423 e. The van der Waals surface area contributed by atoms with Gasteiger partial charge in [-0.25, -0.2) is 14.8 Å². The number of hydrogen-bond acceptors (Lipinski definition) is 12. The number of ether oxygens (including phenoxy) is 1. The lowest BCUT2D eigenvalue weighted by atomic mass is 10.1. The molecule has 1 saturated heterocycles. The number of nitrogens with two attached hydrogens (primary N) is 1. The molecule has 0 saturated carbocycles.